The largest absolute Gasteiger partial charge is 0.496 e. The maximum Gasteiger partial charge on any atom is 0.257 e. The molecule has 0 aliphatic heterocycles. The molecule has 0 saturated carbocycles. The molecule has 2 heterocycles. The highest BCUT2D eigenvalue weighted by atomic mass is 32.1. The summed E-state index contributed by atoms with van der Waals surface area (Å²) in [6, 6.07) is 1.87. The van der Waals surface area contributed by atoms with Crippen LogP contribution in [0.15, 0.2) is 15.9 Å². The fourth-order valence-electron chi connectivity index (χ4n) is 1.12. The Labute approximate surface area is 90.9 Å². The second-order valence-electron chi connectivity index (χ2n) is 2.89. The molecule has 2 aromatic rings. The number of rotatable bonds is 4. The number of nitrogens with zero attached hydrogens (tertiary/aromatic N) is 2. The van der Waals surface area contributed by atoms with Gasteiger partial charge in [-0.3, -0.25) is 0 Å². The van der Waals surface area contributed by atoms with E-state index in [1.807, 2.05) is 11.4 Å². The number of hydrogen-bond acceptors (Lipinski definition) is 6. The van der Waals surface area contributed by atoms with Crippen molar-refractivity contribution in [3.8, 4) is 16.5 Å². The van der Waals surface area contributed by atoms with E-state index in [9.17, 15) is 0 Å². The van der Waals surface area contributed by atoms with Crippen LogP contribution in [0.1, 0.15) is 5.89 Å². The molecule has 2 rings (SSSR count). The third-order valence-corrected chi connectivity index (χ3v) is 2.74. The Morgan fingerprint density at radius 2 is 2.40 bits per heavy atom. The van der Waals surface area contributed by atoms with Gasteiger partial charge in [0, 0.05) is 24.4 Å². The van der Waals surface area contributed by atoms with Gasteiger partial charge in [0.2, 0.25) is 5.89 Å². The van der Waals surface area contributed by atoms with Crippen molar-refractivity contribution in [3.63, 3.8) is 0 Å². The van der Waals surface area contributed by atoms with Gasteiger partial charge in [-0.25, -0.2) is 0 Å². The van der Waals surface area contributed by atoms with E-state index in [0.29, 0.717) is 24.7 Å². The molecule has 0 atom stereocenters. The van der Waals surface area contributed by atoms with Crippen LogP contribution in [0.2, 0.25) is 0 Å². The zero-order valence-corrected chi connectivity index (χ0v) is 9.08. The summed E-state index contributed by atoms with van der Waals surface area (Å²) in [5, 5.41) is 9.71. The molecule has 0 aliphatic carbocycles. The van der Waals surface area contributed by atoms with E-state index in [1.165, 1.54) is 11.3 Å². The van der Waals surface area contributed by atoms with E-state index in [4.69, 9.17) is 14.9 Å². The minimum atomic E-state index is 0.509. The normalized spacial score (nSPS) is 10.5. The summed E-state index contributed by atoms with van der Waals surface area (Å²) in [6.07, 6.45) is 0.607. The molecular weight excluding hydrogens is 214 g/mol. The first kappa shape index (κ1) is 10.1. The molecule has 6 heteroatoms. The van der Waals surface area contributed by atoms with E-state index in [1.54, 1.807) is 7.11 Å². The van der Waals surface area contributed by atoms with Crippen molar-refractivity contribution in [3.05, 3.63) is 17.3 Å². The van der Waals surface area contributed by atoms with Gasteiger partial charge >= 0.3 is 0 Å². The van der Waals surface area contributed by atoms with E-state index in [2.05, 4.69) is 10.2 Å². The minimum absolute atomic E-state index is 0.509. The molecule has 0 amide bonds. The maximum atomic E-state index is 5.42. The summed E-state index contributed by atoms with van der Waals surface area (Å²) in [5.74, 6) is 1.89. The summed E-state index contributed by atoms with van der Waals surface area (Å²) in [7, 11) is 1.62. The second kappa shape index (κ2) is 4.41. The van der Waals surface area contributed by atoms with E-state index < -0.39 is 0 Å². The summed E-state index contributed by atoms with van der Waals surface area (Å²) >= 11 is 1.51. The van der Waals surface area contributed by atoms with Crippen molar-refractivity contribution < 1.29 is 9.15 Å². The quantitative estimate of drug-likeness (QED) is 0.849. The molecule has 0 bridgehead atoms. The lowest BCUT2D eigenvalue weighted by atomic mass is 10.4. The Kier molecular flexibility index (Phi) is 2.98. The molecule has 2 aromatic heterocycles. The smallest absolute Gasteiger partial charge is 0.257 e. The predicted octanol–water partition coefficient (Wildman–Crippen LogP) is 1.31. The lowest BCUT2D eigenvalue weighted by Crippen LogP contribution is -2.02. The first-order chi connectivity index (χ1) is 7.33. The summed E-state index contributed by atoms with van der Waals surface area (Å²) in [4.78, 5) is 0.905. The lowest BCUT2D eigenvalue weighted by Gasteiger charge is -1.89. The molecule has 2 N–H and O–H groups in total. The Bertz CT molecular complexity index is 438. The van der Waals surface area contributed by atoms with Gasteiger partial charge in [-0.15, -0.1) is 21.5 Å². The third kappa shape index (κ3) is 2.16. The number of nitrogens with two attached hydrogens (primary N) is 1. The van der Waals surface area contributed by atoms with Crippen molar-refractivity contribution in [1.82, 2.24) is 10.2 Å². The van der Waals surface area contributed by atoms with E-state index >= 15 is 0 Å². The van der Waals surface area contributed by atoms with Crippen LogP contribution in [-0.4, -0.2) is 23.9 Å². The van der Waals surface area contributed by atoms with Crippen LogP contribution in [0, 0.1) is 0 Å². The van der Waals surface area contributed by atoms with Gasteiger partial charge in [-0.2, -0.15) is 0 Å². The topological polar surface area (TPSA) is 74.2 Å². The summed E-state index contributed by atoms with van der Waals surface area (Å²) < 4.78 is 10.5. The maximum absolute atomic E-state index is 5.42. The van der Waals surface area contributed by atoms with Crippen molar-refractivity contribution >= 4 is 11.3 Å². The van der Waals surface area contributed by atoms with Crippen LogP contribution in [-0.2, 0) is 6.42 Å². The molecule has 0 saturated heterocycles. The van der Waals surface area contributed by atoms with Gasteiger partial charge < -0.3 is 14.9 Å². The first-order valence-electron chi connectivity index (χ1n) is 4.49. The Morgan fingerprint density at radius 1 is 1.53 bits per heavy atom. The number of thiophene rings is 1. The number of methoxy groups -OCH3 is 1. The molecular formula is C9H11N3O2S. The summed E-state index contributed by atoms with van der Waals surface area (Å²) in [5.41, 5.74) is 5.39. The van der Waals surface area contributed by atoms with Crippen LogP contribution in [0.25, 0.3) is 10.8 Å². The molecule has 5 nitrogen and oxygen atoms in total. The van der Waals surface area contributed by atoms with Gasteiger partial charge in [0.1, 0.15) is 5.75 Å². The highest BCUT2D eigenvalue weighted by Crippen LogP contribution is 2.29. The zero-order valence-electron chi connectivity index (χ0n) is 8.27. The van der Waals surface area contributed by atoms with Gasteiger partial charge in [-0.1, -0.05) is 0 Å². The fraction of sp³-hybridized carbons (Fsp3) is 0.333. The van der Waals surface area contributed by atoms with E-state index in [-0.39, 0.29) is 0 Å². The number of hydrogen-bond donors (Lipinski definition) is 1. The molecule has 0 unspecified atom stereocenters. The SMILES string of the molecule is COc1csc(-c2nnc(CCN)o2)c1. The fourth-order valence-corrected chi connectivity index (χ4v) is 1.89. The van der Waals surface area contributed by atoms with Gasteiger partial charge in [0.15, 0.2) is 0 Å². The van der Waals surface area contributed by atoms with Gasteiger partial charge in [0.05, 0.1) is 12.0 Å². The summed E-state index contributed by atoms with van der Waals surface area (Å²) in [6.45, 7) is 0.509. The Morgan fingerprint density at radius 3 is 3.07 bits per heavy atom. The Hall–Kier alpha value is -1.40. The molecule has 0 aromatic carbocycles. The van der Waals surface area contributed by atoms with E-state index in [0.717, 1.165) is 10.6 Å². The Balaban J connectivity index is 2.21. The number of ether oxygens (including phenoxy) is 1. The van der Waals surface area contributed by atoms with Gasteiger partial charge in [-0.05, 0) is 0 Å². The molecule has 0 radical (unpaired) electrons. The lowest BCUT2D eigenvalue weighted by molar-refractivity contribution is 0.416. The molecule has 0 spiro atoms. The van der Waals surface area contributed by atoms with Crippen LogP contribution in [0.4, 0.5) is 0 Å². The van der Waals surface area contributed by atoms with Gasteiger partial charge in [0.25, 0.3) is 5.89 Å². The molecule has 15 heavy (non-hydrogen) atoms. The van der Waals surface area contributed by atoms with Crippen molar-refractivity contribution in [2.24, 2.45) is 5.73 Å². The minimum Gasteiger partial charge on any atom is -0.496 e. The third-order valence-electron chi connectivity index (χ3n) is 1.85. The van der Waals surface area contributed by atoms with Crippen molar-refractivity contribution in [1.29, 1.82) is 0 Å². The van der Waals surface area contributed by atoms with Crippen LogP contribution in [0.5, 0.6) is 5.75 Å². The highest BCUT2D eigenvalue weighted by molar-refractivity contribution is 7.13. The average Bonchev–Trinajstić information content (AvgIpc) is 2.85. The monoisotopic (exact) mass is 225 g/mol. The standard InChI is InChI=1S/C9H11N3O2S/c1-13-6-4-7(15-5-6)9-12-11-8(14-9)2-3-10/h4-5H,2-3,10H2,1H3. The van der Waals surface area contributed by atoms with Crippen LogP contribution in [0.3, 0.4) is 0 Å². The number of aromatic nitrogens is 2. The second-order valence-corrected chi connectivity index (χ2v) is 3.80. The average molecular weight is 225 g/mol. The molecule has 0 fully saturated rings. The zero-order chi connectivity index (χ0) is 10.7. The highest BCUT2D eigenvalue weighted by Gasteiger charge is 2.10. The molecule has 80 valence electrons. The predicted molar refractivity (Wildman–Crippen MR) is 56.9 cm³/mol. The van der Waals surface area contributed by atoms with Crippen molar-refractivity contribution in [2.75, 3.05) is 13.7 Å². The van der Waals surface area contributed by atoms with Crippen LogP contribution < -0.4 is 10.5 Å². The van der Waals surface area contributed by atoms with Crippen molar-refractivity contribution in [2.45, 2.75) is 6.42 Å². The molecule has 0 aliphatic rings. The first-order valence-corrected chi connectivity index (χ1v) is 5.37. The van der Waals surface area contributed by atoms with Crippen LogP contribution >= 0.6 is 11.3 Å².